The van der Waals surface area contributed by atoms with Gasteiger partial charge in [-0.15, -0.1) is 0 Å². The Morgan fingerprint density at radius 2 is 2.00 bits per heavy atom. The van der Waals surface area contributed by atoms with Gasteiger partial charge in [0, 0.05) is 12.6 Å². The zero-order valence-electron chi connectivity index (χ0n) is 10.6. The fourth-order valence-electron chi connectivity index (χ4n) is 1.43. The van der Waals surface area contributed by atoms with Crippen molar-refractivity contribution in [3.05, 3.63) is 41.7 Å². The lowest BCUT2D eigenvalue weighted by Crippen LogP contribution is -2.31. The van der Waals surface area contributed by atoms with Crippen molar-refractivity contribution in [2.45, 2.75) is 13.3 Å². The zero-order valence-corrected chi connectivity index (χ0v) is 10.6. The first-order valence-corrected chi connectivity index (χ1v) is 5.97. The van der Waals surface area contributed by atoms with Gasteiger partial charge in [-0.05, 0) is 30.2 Å². The van der Waals surface area contributed by atoms with E-state index in [0.29, 0.717) is 12.0 Å². The van der Waals surface area contributed by atoms with Crippen LogP contribution in [-0.2, 0) is 9.59 Å². The monoisotopic (exact) mass is 265 g/mol. The number of benzene rings is 1. The van der Waals surface area contributed by atoms with Gasteiger partial charge in [0.2, 0.25) is 5.91 Å². The van der Waals surface area contributed by atoms with Crippen LogP contribution >= 0.6 is 0 Å². The summed E-state index contributed by atoms with van der Waals surface area (Å²) in [6, 6.07) is 5.70. The van der Waals surface area contributed by atoms with Crippen LogP contribution in [0.3, 0.4) is 0 Å². The van der Waals surface area contributed by atoms with Crippen LogP contribution in [0.1, 0.15) is 18.9 Å². The second kappa shape index (κ2) is 7.31. The summed E-state index contributed by atoms with van der Waals surface area (Å²) in [5.74, 6) is -2.22. The summed E-state index contributed by atoms with van der Waals surface area (Å²) in [6.45, 7) is 1.84. The van der Waals surface area contributed by atoms with Crippen LogP contribution in [0.5, 0.6) is 0 Å². The van der Waals surface area contributed by atoms with E-state index in [0.717, 1.165) is 0 Å². The molecule has 4 nitrogen and oxygen atoms in total. The molecule has 1 atom stereocenters. The number of carbonyl (C=O) groups is 2. The molecular formula is C14H16FNO3. The Morgan fingerprint density at radius 3 is 2.53 bits per heavy atom. The Hall–Kier alpha value is -2.17. The number of hydrogen-bond acceptors (Lipinski definition) is 2. The second-order valence-corrected chi connectivity index (χ2v) is 4.07. The summed E-state index contributed by atoms with van der Waals surface area (Å²) >= 11 is 0. The maximum atomic E-state index is 12.7. The molecule has 1 unspecified atom stereocenters. The highest BCUT2D eigenvalue weighted by molar-refractivity contribution is 5.91. The highest BCUT2D eigenvalue weighted by Gasteiger charge is 2.14. The number of amides is 1. The van der Waals surface area contributed by atoms with Gasteiger partial charge in [-0.2, -0.15) is 0 Å². The minimum atomic E-state index is -0.926. The molecule has 0 heterocycles. The normalized spacial score (nSPS) is 12.3. The molecule has 0 spiro atoms. The molecule has 19 heavy (non-hydrogen) atoms. The molecule has 2 N–H and O–H groups in total. The lowest BCUT2D eigenvalue weighted by molar-refractivity contribution is -0.141. The lowest BCUT2D eigenvalue weighted by Gasteiger charge is -2.09. The third kappa shape index (κ3) is 5.33. The van der Waals surface area contributed by atoms with Gasteiger partial charge in [0.15, 0.2) is 0 Å². The molecule has 102 valence electrons. The number of halogens is 1. The average molecular weight is 265 g/mol. The molecule has 0 fully saturated rings. The molecular weight excluding hydrogens is 249 g/mol. The molecule has 0 saturated heterocycles. The van der Waals surface area contributed by atoms with Gasteiger partial charge in [-0.3, -0.25) is 9.59 Å². The van der Waals surface area contributed by atoms with Gasteiger partial charge in [0.1, 0.15) is 5.82 Å². The highest BCUT2D eigenvalue weighted by Crippen LogP contribution is 2.04. The van der Waals surface area contributed by atoms with Crippen molar-refractivity contribution in [1.82, 2.24) is 5.32 Å². The number of rotatable bonds is 6. The molecule has 0 radical (unpaired) electrons. The fourth-order valence-corrected chi connectivity index (χ4v) is 1.43. The molecule has 0 bridgehead atoms. The maximum absolute atomic E-state index is 12.7. The fraction of sp³-hybridized carbons (Fsp3) is 0.286. The van der Waals surface area contributed by atoms with Crippen molar-refractivity contribution < 1.29 is 19.1 Å². The number of carboxylic acids is 1. The molecule has 0 aliphatic rings. The third-order valence-corrected chi connectivity index (χ3v) is 2.66. The van der Waals surface area contributed by atoms with E-state index < -0.39 is 11.9 Å². The van der Waals surface area contributed by atoms with E-state index in [-0.39, 0.29) is 18.3 Å². The maximum Gasteiger partial charge on any atom is 0.308 e. The van der Waals surface area contributed by atoms with Crippen LogP contribution < -0.4 is 5.32 Å². The van der Waals surface area contributed by atoms with Crippen molar-refractivity contribution in [1.29, 1.82) is 0 Å². The number of carboxylic acid groups (broad SMARTS) is 1. The number of aliphatic carboxylic acids is 1. The Kier molecular flexibility index (Phi) is 5.73. The minimum absolute atomic E-state index is 0.0957. The molecule has 0 aromatic heterocycles. The molecule has 0 aliphatic carbocycles. The second-order valence-electron chi connectivity index (χ2n) is 4.07. The molecule has 0 aliphatic heterocycles. The smallest absolute Gasteiger partial charge is 0.308 e. The van der Waals surface area contributed by atoms with Gasteiger partial charge in [0.05, 0.1) is 5.92 Å². The van der Waals surface area contributed by atoms with E-state index in [1.54, 1.807) is 19.1 Å². The average Bonchev–Trinajstić information content (AvgIpc) is 2.38. The summed E-state index contributed by atoms with van der Waals surface area (Å²) in [4.78, 5) is 22.2. The third-order valence-electron chi connectivity index (χ3n) is 2.66. The SMILES string of the molecule is CCC(CNC(=O)C=Cc1ccc(F)cc1)C(=O)O. The first kappa shape index (κ1) is 14.9. The first-order chi connectivity index (χ1) is 9.02. The van der Waals surface area contributed by atoms with Crippen molar-refractivity contribution in [2.75, 3.05) is 6.54 Å². The van der Waals surface area contributed by atoms with Crippen molar-refractivity contribution in [3.63, 3.8) is 0 Å². The molecule has 1 aromatic rings. The van der Waals surface area contributed by atoms with Crippen LogP contribution in [0.25, 0.3) is 6.08 Å². The van der Waals surface area contributed by atoms with E-state index in [4.69, 9.17) is 5.11 Å². The van der Waals surface area contributed by atoms with E-state index in [1.807, 2.05) is 0 Å². The number of hydrogen-bond donors (Lipinski definition) is 2. The quantitative estimate of drug-likeness (QED) is 0.774. The van der Waals surface area contributed by atoms with E-state index in [1.165, 1.54) is 24.3 Å². The summed E-state index contributed by atoms with van der Waals surface area (Å²) < 4.78 is 12.7. The van der Waals surface area contributed by atoms with E-state index in [2.05, 4.69) is 5.32 Å². The molecule has 1 rings (SSSR count). The first-order valence-electron chi connectivity index (χ1n) is 5.97. The predicted molar refractivity (Wildman–Crippen MR) is 69.9 cm³/mol. The molecule has 1 amide bonds. The summed E-state index contributed by atoms with van der Waals surface area (Å²) in [5.41, 5.74) is 0.696. The van der Waals surface area contributed by atoms with E-state index >= 15 is 0 Å². The summed E-state index contributed by atoms with van der Waals surface area (Å²) in [7, 11) is 0. The molecule has 0 saturated carbocycles. The lowest BCUT2D eigenvalue weighted by atomic mass is 10.1. The minimum Gasteiger partial charge on any atom is -0.481 e. The zero-order chi connectivity index (χ0) is 14.3. The standard InChI is InChI=1S/C14H16FNO3/c1-2-11(14(18)19)9-16-13(17)8-5-10-3-6-12(15)7-4-10/h3-8,11H,2,9H2,1H3,(H,16,17)(H,18,19). The topological polar surface area (TPSA) is 66.4 Å². The van der Waals surface area contributed by atoms with Crippen LogP contribution in [0, 0.1) is 11.7 Å². The highest BCUT2D eigenvalue weighted by atomic mass is 19.1. The Labute approximate surface area is 110 Å². The number of nitrogens with one attached hydrogen (secondary N) is 1. The van der Waals surface area contributed by atoms with E-state index in [9.17, 15) is 14.0 Å². The van der Waals surface area contributed by atoms with Crippen LogP contribution in [-0.4, -0.2) is 23.5 Å². The largest absolute Gasteiger partial charge is 0.481 e. The summed E-state index contributed by atoms with van der Waals surface area (Å²) in [6.07, 6.45) is 3.29. The van der Waals surface area contributed by atoms with Gasteiger partial charge in [0.25, 0.3) is 0 Å². The Balaban J connectivity index is 2.47. The Morgan fingerprint density at radius 1 is 1.37 bits per heavy atom. The summed E-state index contributed by atoms with van der Waals surface area (Å²) in [5, 5.41) is 11.3. The molecule has 5 heteroatoms. The van der Waals surface area contributed by atoms with Gasteiger partial charge in [-0.25, -0.2) is 4.39 Å². The van der Waals surface area contributed by atoms with Crippen molar-refractivity contribution >= 4 is 18.0 Å². The predicted octanol–water partition coefficient (Wildman–Crippen LogP) is 2.07. The van der Waals surface area contributed by atoms with Crippen LogP contribution in [0.15, 0.2) is 30.3 Å². The molecule has 1 aromatic carbocycles. The van der Waals surface area contributed by atoms with Crippen molar-refractivity contribution in [3.8, 4) is 0 Å². The van der Waals surface area contributed by atoms with Crippen LogP contribution in [0.2, 0.25) is 0 Å². The van der Waals surface area contributed by atoms with Gasteiger partial charge in [-0.1, -0.05) is 19.1 Å². The number of carbonyl (C=O) groups excluding carboxylic acids is 1. The Bertz CT molecular complexity index is 468. The van der Waals surface area contributed by atoms with Crippen LogP contribution in [0.4, 0.5) is 4.39 Å². The van der Waals surface area contributed by atoms with Gasteiger partial charge >= 0.3 is 5.97 Å². The van der Waals surface area contributed by atoms with Gasteiger partial charge < -0.3 is 10.4 Å². The van der Waals surface area contributed by atoms with Crippen molar-refractivity contribution in [2.24, 2.45) is 5.92 Å².